The van der Waals surface area contributed by atoms with E-state index >= 15 is 0 Å². The topological polar surface area (TPSA) is 52.0 Å². The van der Waals surface area contributed by atoms with Gasteiger partial charge < -0.3 is 0 Å². The van der Waals surface area contributed by atoms with Crippen LogP contribution in [0.15, 0.2) is 34.2 Å². The van der Waals surface area contributed by atoms with E-state index in [1.165, 1.54) is 28.0 Å². The van der Waals surface area contributed by atoms with Crippen molar-refractivity contribution in [3.05, 3.63) is 50.6 Å². The van der Waals surface area contributed by atoms with Gasteiger partial charge in [-0.25, -0.2) is 4.98 Å². The Morgan fingerprint density at radius 1 is 1.19 bits per heavy atom. The number of rotatable bonds is 4. The molecule has 1 aliphatic rings. The summed E-state index contributed by atoms with van der Waals surface area (Å²) < 4.78 is 41.3. The predicted octanol–water partition coefficient (Wildman–Crippen LogP) is 6.05. The van der Waals surface area contributed by atoms with Gasteiger partial charge in [0.25, 0.3) is 5.56 Å². The van der Waals surface area contributed by atoms with Crippen molar-refractivity contribution >= 4 is 39.1 Å². The fourth-order valence-electron chi connectivity index (χ4n) is 3.68. The number of aryl methyl sites for hydroxylation is 2. The van der Waals surface area contributed by atoms with Gasteiger partial charge in [0.1, 0.15) is 10.6 Å². The highest BCUT2D eigenvalue weighted by Crippen LogP contribution is 2.36. The second-order valence-electron chi connectivity index (χ2n) is 8.94. The van der Waals surface area contributed by atoms with Gasteiger partial charge >= 0.3 is 6.18 Å². The molecule has 2 aromatic heterocycles. The van der Waals surface area contributed by atoms with Crippen LogP contribution in [0.25, 0.3) is 15.9 Å². The van der Waals surface area contributed by atoms with Gasteiger partial charge in [-0.15, -0.1) is 11.3 Å². The normalized spacial score (nSPS) is 14.6. The zero-order valence-electron chi connectivity index (χ0n) is 18.0. The minimum Gasteiger partial charge on any atom is -0.298 e. The number of fused-ring (bicyclic) bond motifs is 3. The zero-order chi connectivity index (χ0) is 23.3. The lowest BCUT2D eigenvalue weighted by molar-refractivity contribution is -0.137. The van der Waals surface area contributed by atoms with Gasteiger partial charge in [0.2, 0.25) is 0 Å². The van der Waals surface area contributed by atoms with E-state index in [0.29, 0.717) is 10.2 Å². The summed E-state index contributed by atoms with van der Waals surface area (Å²) in [5.74, 6) is 0.0452. The Morgan fingerprint density at radius 3 is 2.59 bits per heavy atom. The van der Waals surface area contributed by atoms with E-state index in [2.05, 4.69) is 4.98 Å². The summed E-state index contributed by atoms with van der Waals surface area (Å²) in [6.45, 7) is 5.42. The molecule has 2 heterocycles. The van der Waals surface area contributed by atoms with Crippen molar-refractivity contribution in [2.45, 2.75) is 57.8 Å². The van der Waals surface area contributed by atoms with Crippen LogP contribution in [0.4, 0.5) is 13.2 Å². The van der Waals surface area contributed by atoms with Gasteiger partial charge in [0.15, 0.2) is 5.16 Å². The lowest BCUT2D eigenvalue weighted by atomic mass is 9.92. The Kier molecular flexibility index (Phi) is 6.00. The molecule has 1 aliphatic carbocycles. The van der Waals surface area contributed by atoms with Crippen molar-refractivity contribution in [3.8, 4) is 5.69 Å². The van der Waals surface area contributed by atoms with Gasteiger partial charge in [-0.1, -0.05) is 38.6 Å². The van der Waals surface area contributed by atoms with Crippen LogP contribution in [-0.2, 0) is 23.8 Å². The van der Waals surface area contributed by atoms with E-state index in [9.17, 15) is 22.8 Å². The van der Waals surface area contributed by atoms with Gasteiger partial charge in [0.05, 0.1) is 22.4 Å². The first-order chi connectivity index (χ1) is 15.0. The summed E-state index contributed by atoms with van der Waals surface area (Å²) in [5.41, 5.74) is -0.714. The molecule has 0 aliphatic heterocycles. The van der Waals surface area contributed by atoms with Crippen molar-refractivity contribution in [2.24, 2.45) is 5.41 Å². The summed E-state index contributed by atoms with van der Waals surface area (Å²) in [6.07, 6.45) is -0.871. The molecule has 0 N–H and O–H groups in total. The van der Waals surface area contributed by atoms with E-state index in [4.69, 9.17) is 0 Å². The first-order valence-electron chi connectivity index (χ1n) is 10.4. The molecule has 1 aromatic carbocycles. The third-order valence-electron chi connectivity index (χ3n) is 5.56. The Labute approximate surface area is 191 Å². The number of carbonyl (C=O) groups excluding carboxylic acids is 1. The van der Waals surface area contributed by atoms with Crippen LogP contribution in [0, 0.1) is 5.41 Å². The number of benzene rings is 1. The maximum absolute atomic E-state index is 13.6. The second-order valence-corrected chi connectivity index (χ2v) is 11.0. The molecule has 0 saturated carbocycles. The van der Waals surface area contributed by atoms with E-state index in [1.807, 2.05) is 0 Å². The Balaban J connectivity index is 1.91. The number of Topliss-reactive ketones (excluding diaryl/α,β-unsaturated/α-hetero) is 1. The molecular weight excluding hydrogens is 457 g/mol. The van der Waals surface area contributed by atoms with Crippen LogP contribution < -0.4 is 5.56 Å². The fraction of sp³-hybridized carbons (Fsp3) is 0.435. The van der Waals surface area contributed by atoms with E-state index in [0.717, 1.165) is 60.0 Å². The first-order valence-corrected chi connectivity index (χ1v) is 12.2. The molecule has 9 heteroatoms. The number of thioether (sulfide) groups is 1. The van der Waals surface area contributed by atoms with E-state index < -0.39 is 17.2 Å². The number of aromatic nitrogens is 2. The summed E-state index contributed by atoms with van der Waals surface area (Å²) in [6, 6.07) is 4.69. The summed E-state index contributed by atoms with van der Waals surface area (Å²) in [5, 5.41) is 0.728. The van der Waals surface area contributed by atoms with Crippen LogP contribution in [0.2, 0.25) is 0 Å². The van der Waals surface area contributed by atoms with Crippen LogP contribution in [0.3, 0.4) is 0 Å². The number of thiophene rings is 1. The maximum atomic E-state index is 13.6. The lowest BCUT2D eigenvalue weighted by Gasteiger charge is -2.18. The number of hydrogen-bond donors (Lipinski definition) is 0. The molecule has 0 fully saturated rings. The molecule has 0 saturated heterocycles. The van der Waals surface area contributed by atoms with Gasteiger partial charge in [-0.2, -0.15) is 13.2 Å². The van der Waals surface area contributed by atoms with Crippen molar-refractivity contribution in [2.75, 3.05) is 5.75 Å². The third-order valence-corrected chi connectivity index (χ3v) is 7.68. The van der Waals surface area contributed by atoms with Crippen molar-refractivity contribution in [3.63, 3.8) is 0 Å². The largest absolute Gasteiger partial charge is 0.416 e. The van der Waals surface area contributed by atoms with Gasteiger partial charge in [0, 0.05) is 10.3 Å². The first kappa shape index (κ1) is 23.0. The number of ketones is 1. The fourth-order valence-corrected chi connectivity index (χ4v) is 6.15. The second kappa shape index (κ2) is 8.33. The minimum absolute atomic E-state index is 0.0297. The molecule has 0 unspecified atom stereocenters. The van der Waals surface area contributed by atoms with Crippen LogP contribution in [-0.4, -0.2) is 21.1 Å². The number of nitrogens with zero attached hydrogens (tertiary/aromatic N) is 2. The Morgan fingerprint density at radius 2 is 1.91 bits per heavy atom. The minimum atomic E-state index is -4.53. The van der Waals surface area contributed by atoms with E-state index in [1.54, 1.807) is 20.8 Å². The van der Waals surface area contributed by atoms with Gasteiger partial charge in [-0.05, 0) is 49.4 Å². The molecule has 0 atom stereocenters. The van der Waals surface area contributed by atoms with Crippen LogP contribution >= 0.6 is 23.1 Å². The highest BCUT2D eigenvalue weighted by atomic mass is 32.2. The molecule has 32 heavy (non-hydrogen) atoms. The molecule has 0 amide bonds. The van der Waals surface area contributed by atoms with Crippen LogP contribution in [0.5, 0.6) is 0 Å². The molecule has 0 radical (unpaired) electrons. The monoisotopic (exact) mass is 480 g/mol. The maximum Gasteiger partial charge on any atom is 0.416 e. The average Bonchev–Trinajstić information content (AvgIpc) is 3.09. The zero-order valence-corrected chi connectivity index (χ0v) is 19.6. The smallest absolute Gasteiger partial charge is 0.298 e. The van der Waals surface area contributed by atoms with Crippen molar-refractivity contribution in [1.29, 1.82) is 0 Å². The standard InChI is InChI=1S/C23H23F3N2O2S2/c1-22(2,3)17(29)12-31-21-27-19-18(15-9-4-5-10-16(15)32-19)20(30)28(21)14-8-6-7-13(11-14)23(24,25)26/h6-8,11H,4-5,9-10,12H2,1-3H3. The number of carbonyl (C=O) groups is 1. The quantitative estimate of drug-likeness (QED) is 0.337. The Bertz CT molecular complexity index is 1250. The van der Waals surface area contributed by atoms with Crippen LogP contribution in [0.1, 0.15) is 49.6 Å². The third kappa shape index (κ3) is 4.37. The molecule has 3 aromatic rings. The number of halogens is 3. The highest BCUT2D eigenvalue weighted by molar-refractivity contribution is 7.99. The lowest BCUT2D eigenvalue weighted by Crippen LogP contribution is -2.25. The summed E-state index contributed by atoms with van der Waals surface area (Å²) in [4.78, 5) is 32.5. The molecule has 170 valence electrons. The summed E-state index contributed by atoms with van der Waals surface area (Å²) in [7, 11) is 0. The molecule has 0 bridgehead atoms. The van der Waals surface area contributed by atoms with Gasteiger partial charge in [-0.3, -0.25) is 14.2 Å². The van der Waals surface area contributed by atoms with Crippen molar-refractivity contribution in [1.82, 2.24) is 9.55 Å². The highest BCUT2D eigenvalue weighted by Gasteiger charge is 2.31. The average molecular weight is 481 g/mol. The summed E-state index contributed by atoms with van der Waals surface area (Å²) >= 11 is 2.57. The number of hydrogen-bond acceptors (Lipinski definition) is 5. The molecule has 4 rings (SSSR count). The predicted molar refractivity (Wildman–Crippen MR) is 122 cm³/mol. The van der Waals surface area contributed by atoms with E-state index in [-0.39, 0.29) is 27.9 Å². The molecule has 0 spiro atoms. The SMILES string of the molecule is CC(C)(C)C(=O)CSc1nc2sc3c(c2c(=O)n1-c1cccc(C(F)(F)F)c1)CCCC3. The molecular formula is C23H23F3N2O2S2. The van der Waals surface area contributed by atoms with Crippen molar-refractivity contribution < 1.29 is 18.0 Å². The number of alkyl halides is 3. The molecule has 4 nitrogen and oxygen atoms in total. The Hall–Kier alpha value is -2.13.